The molecule has 0 spiro atoms. The molecule has 8 nitrogen and oxygen atoms in total. The van der Waals surface area contributed by atoms with Crippen LogP contribution in [-0.4, -0.2) is 57.1 Å². The lowest BCUT2D eigenvalue weighted by Crippen LogP contribution is -2.49. The van der Waals surface area contributed by atoms with Crippen molar-refractivity contribution in [3.63, 3.8) is 0 Å². The normalized spacial score (nSPS) is 14.7. The van der Waals surface area contributed by atoms with Crippen LogP contribution in [0.2, 0.25) is 5.02 Å². The average Bonchev–Trinajstić information content (AvgIpc) is 3.37. The summed E-state index contributed by atoms with van der Waals surface area (Å²) in [6.45, 7) is 2.07. The van der Waals surface area contributed by atoms with Crippen molar-refractivity contribution >= 4 is 39.1 Å². The van der Waals surface area contributed by atoms with Gasteiger partial charge in [0.2, 0.25) is 21.8 Å². The highest BCUT2D eigenvalue weighted by atomic mass is 35.5. The van der Waals surface area contributed by atoms with Crippen LogP contribution in [0.25, 0.3) is 0 Å². The molecule has 3 rings (SSSR count). The minimum Gasteiger partial charge on any atom is -0.497 e. The van der Waals surface area contributed by atoms with Gasteiger partial charge in [-0.2, -0.15) is 0 Å². The standard InChI is InChI=1S/C27H36ClN3O5S/c1-20(27(33)29-23-11-4-5-12-23)30(19-21-9-6-10-22(28)17-21)26(32)15-8-16-31(37(3,34)35)24-13-7-14-25(18-24)36-2/h6-7,9-10,13-14,17-18,20,23H,4-5,8,11-12,15-16,19H2,1-3H3,(H,29,33)/t20-/m1/s1. The first-order valence-electron chi connectivity index (χ1n) is 12.5. The van der Waals surface area contributed by atoms with Crippen LogP contribution in [0.3, 0.4) is 0 Å². The van der Waals surface area contributed by atoms with E-state index in [9.17, 15) is 18.0 Å². The summed E-state index contributed by atoms with van der Waals surface area (Å²) in [5, 5.41) is 3.63. The van der Waals surface area contributed by atoms with E-state index in [0.29, 0.717) is 16.5 Å². The summed E-state index contributed by atoms with van der Waals surface area (Å²) in [4.78, 5) is 28.0. The number of amides is 2. The summed E-state index contributed by atoms with van der Waals surface area (Å²) >= 11 is 6.15. The van der Waals surface area contributed by atoms with E-state index in [1.165, 1.54) is 11.4 Å². The predicted molar refractivity (Wildman–Crippen MR) is 146 cm³/mol. The van der Waals surface area contributed by atoms with E-state index in [0.717, 1.165) is 37.5 Å². The molecule has 1 fully saturated rings. The van der Waals surface area contributed by atoms with Gasteiger partial charge in [-0.25, -0.2) is 8.42 Å². The maximum atomic E-state index is 13.4. The number of rotatable bonds is 12. The molecule has 1 N–H and O–H groups in total. The van der Waals surface area contributed by atoms with Crippen molar-refractivity contribution in [1.82, 2.24) is 10.2 Å². The first-order chi connectivity index (χ1) is 17.6. The highest BCUT2D eigenvalue weighted by molar-refractivity contribution is 7.92. The summed E-state index contributed by atoms with van der Waals surface area (Å²) in [5.41, 5.74) is 1.28. The van der Waals surface area contributed by atoms with Crippen LogP contribution < -0.4 is 14.4 Å². The summed E-state index contributed by atoms with van der Waals surface area (Å²) in [5.74, 6) is 0.126. The first-order valence-corrected chi connectivity index (χ1v) is 14.8. The molecule has 2 aromatic rings. The van der Waals surface area contributed by atoms with Gasteiger partial charge < -0.3 is 15.0 Å². The Hall–Kier alpha value is -2.78. The van der Waals surface area contributed by atoms with Crippen molar-refractivity contribution in [3.8, 4) is 5.75 Å². The minimum absolute atomic E-state index is 0.0810. The van der Waals surface area contributed by atoms with Crippen molar-refractivity contribution in [1.29, 1.82) is 0 Å². The molecule has 0 bridgehead atoms. The third kappa shape index (κ3) is 8.36. The Bertz CT molecular complexity index is 1180. The van der Waals surface area contributed by atoms with E-state index in [4.69, 9.17) is 16.3 Å². The van der Waals surface area contributed by atoms with Crippen LogP contribution >= 0.6 is 11.6 Å². The number of hydrogen-bond donors (Lipinski definition) is 1. The van der Waals surface area contributed by atoms with Crippen LogP contribution in [0.15, 0.2) is 48.5 Å². The maximum absolute atomic E-state index is 13.4. The number of nitrogens with one attached hydrogen (secondary N) is 1. The zero-order valence-electron chi connectivity index (χ0n) is 21.7. The molecule has 202 valence electrons. The predicted octanol–water partition coefficient (Wildman–Crippen LogP) is 4.37. The van der Waals surface area contributed by atoms with E-state index >= 15 is 0 Å². The molecule has 1 aliphatic carbocycles. The van der Waals surface area contributed by atoms with Gasteiger partial charge in [-0.05, 0) is 56.0 Å². The van der Waals surface area contributed by atoms with E-state index in [1.807, 2.05) is 12.1 Å². The zero-order valence-corrected chi connectivity index (χ0v) is 23.2. The Balaban J connectivity index is 1.72. The van der Waals surface area contributed by atoms with Crippen molar-refractivity contribution in [2.24, 2.45) is 0 Å². The molecule has 1 saturated carbocycles. The molecule has 0 radical (unpaired) electrons. The molecule has 0 heterocycles. The Kier molecular flexibility index (Phi) is 10.2. The summed E-state index contributed by atoms with van der Waals surface area (Å²) in [6.07, 6.45) is 5.58. The number of benzene rings is 2. The highest BCUT2D eigenvalue weighted by Gasteiger charge is 2.28. The Morgan fingerprint density at radius 2 is 1.84 bits per heavy atom. The van der Waals surface area contributed by atoms with E-state index in [-0.39, 0.29) is 43.8 Å². The third-order valence-corrected chi connectivity index (χ3v) is 8.03. The van der Waals surface area contributed by atoms with Gasteiger partial charge in [-0.1, -0.05) is 42.6 Å². The van der Waals surface area contributed by atoms with Crippen LogP contribution in [0.1, 0.15) is 51.0 Å². The maximum Gasteiger partial charge on any atom is 0.242 e. The fourth-order valence-corrected chi connectivity index (χ4v) is 5.75. The first kappa shape index (κ1) is 28.8. The van der Waals surface area contributed by atoms with Crippen LogP contribution in [0.5, 0.6) is 5.75 Å². The van der Waals surface area contributed by atoms with Crippen molar-refractivity contribution in [2.45, 2.75) is 64.1 Å². The Morgan fingerprint density at radius 1 is 1.14 bits per heavy atom. The Labute approximate surface area is 225 Å². The lowest BCUT2D eigenvalue weighted by Gasteiger charge is -2.30. The molecule has 0 aliphatic heterocycles. The fraction of sp³-hybridized carbons (Fsp3) is 0.481. The zero-order chi connectivity index (χ0) is 27.0. The molecule has 1 atom stereocenters. The molecular weight excluding hydrogens is 514 g/mol. The molecule has 37 heavy (non-hydrogen) atoms. The molecule has 1 aliphatic rings. The quantitative estimate of drug-likeness (QED) is 0.424. The number of nitrogens with zero attached hydrogens (tertiary/aromatic N) is 2. The Morgan fingerprint density at radius 3 is 2.49 bits per heavy atom. The average molecular weight is 550 g/mol. The largest absolute Gasteiger partial charge is 0.497 e. The second-order valence-electron chi connectivity index (χ2n) is 9.46. The minimum atomic E-state index is -3.58. The molecule has 2 amide bonds. The number of carbonyl (C=O) groups excluding carboxylic acids is 2. The van der Waals surface area contributed by atoms with E-state index < -0.39 is 16.1 Å². The highest BCUT2D eigenvalue weighted by Crippen LogP contribution is 2.24. The number of ether oxygens (including phenoxy) is 1. The van der Waals surface area contributed by atoms with Gasteiger partial charge in [0.05, 0.1) is 19.1 Å². The summed E-state index contributed by atoms with van der Waals surface area (Å²) < 4.78 is 31.5. The van der Waals surface area contributed by atoms with Gasteiger partial charge in [0.1, 0.15) is 11.8 Å². The van der Waals surface area contributed by atoms with Gasteiger partial charge in [0.15, 0.2) is 0 Å². The number of carbonyl (C=O) groups is 2. The molecule has 0 aromatic heterocycles. The molecule has 0 unspecified atom stereocenters. The molecule has 10 heteroatoms. The van der Waals surface area contributed by atoms with Crippen molar-refractivity contribution in [3.05, 3.63) is 59.1 Å². The topological polar surface area (TPSA) is 96.0 Å². The second-order valence-corrected chi connectivity index (χ2v) is 11.8. The summed E-state index contributed by atoms with van der Waals surface area (Å²) in [7, 11) is -2.07. The number of halogens is 1. The van der Waals surface area contributed by atoms with Gasteiger partial charge in [0, 0.05) is 36.6 Å². The third-order valence-electron chi connectivity index (χ3n) is 6.60. The van der Waals surface area contributed by atoms with Crippen LogP contribution in [0, 0.1) is 0 Å². The fourth-order valence-electron chi connectivity index (χ4n) is 4.58. The van der Waals surface area contributed by atoms with Gasteiger partial charge in [-0.3, -0.25) is 13.9 Å². The monoisotopic (exact) mass is 549 g/mol. The number of methoxy groups -OCH3 is 1. The van der Waals surface area contributed by atoms with Crippen molar-refractivity contribution in [2.75, 3.05) is 24.2 Å². The lowest BCUT2D eigenvalue weighted by molar-refractivity contribution is -0.141. The molecule has 2 aromatic carbocycles. The van der Waals surface area contributed by atoms with E-state index in [2.05, 4.69) is 5.32 Å². The molecule has 0 saturated heterocycles. The SMILES string of the molecule is COc1cccc(N(CCCC(=O)N(Cc2cccc(Cl)c2)[C@H](C)C(=O)NC2CCCC2)S(C)(=O)=O)c1. The number of sulfonamides is 1. The number of anilines is 1. The van der Waals surface area contributed by atoms with E-state index in [1.54, 1.807) is 48.2 Å². The second kappa shape index (κ2) is 13.1. The smallest absolute Gasteiger partial charge is 0.242 e. The summed E-state index contributed by atoms with van der Waals surface area (Å²) in [6, 6.07) is 13.4. The van der Waals surface area contributed by atoms with Crippen LogP contribution in [-0.2, 0) is 26.2 Å². The molecular formula is C27H36ClN3O5S. The van der Waals surface area contributed by atoms with Gasteiger partial charge in [-0.15, -0.1) is 0 Å². The van der Waals surface area contributed by atoms with Gasteiger partial charge in [0.25, 0.3) is 0 Å². The van der Waals surface area contributed by atoms with Crippen molar-refractivity contribution < 1.29 is 22.7 Å². The number of hydrogen-bond acceptors (Lipinski definition) is 5. The lowest BCUT2D eigenvalue weighted by atomic mass is 10.1. The van der Waals surface area contributed by atoms with Crippen LogP contribution in [0.4, 0.5) is 5.69 Å². The van der Waals surface area contributed by atoms with Gasteiger partial charge >= 0.3 is 0 Å².